The Morgan fingerprint density at radius 2 is 2.17 bits per heavy atom. The molecule has 3 rings (SSSR count). The number of hydrogen-bond acceptors (Lipinski definition) is 5. The standard InChI is InChI=1S/C17H18N2O3S/c1-2-21-11-5-10-18-16(20)13-8-9-14(22-13)17-19-12-6-3-4-7-15(12)23-17/h3-4,6-9H,2,5,10-11H2,1H3,(H,18,20). The lowest BCUT2D eigenvalue weighted by atomic mass is 10.3. The molecule has 0 spiro atoms. The van der Waals surface area contributed by atoms with Crippen molar-refractivity contribution in [1.29, 1.82) is 0 Å². The summed E-state index contributed by atoms with van der Waals surface area (Å²) in [6.07, 6.45) is 0.783. The van der Waals surface area contributed by atoms with Gasteiger partial charge in [0.15, 0.2) is 16.5 Å². The molecule has 0 unspecified atom stereocenters. The molecule has 2 aromatic heterocycles. The fourth-order valence-corrected chi connectivity index (χ4v) is 3.09. The smallest absolute Gasteiger partial charge is 0.287 e. The van der Waals surface area contributed by atoms with Gasteiger partial charge in [-0.15, -0.1) is 11.3 Å². The fraction of sp³-hybridized carbons (Fsp3) is 0.294. The second-order valence-electron chi connectivity index (χ2n) is 4.96. The Labute approximate surface area is 138 Å². The van der Waals surface area contributed by atoms with Crippen LogP contribution in [0, 0.1) is 0 Å². The molecule has 0 aliphatic rings. The number of nitrogens with one attached hydrogen (secondary N) is 1. The monoisotopic (exact) mass is 330 g/mol. The number of aromatic nitrogens is 1. The molecule has 2 heterocycles. The van der Waals surface area contributed by atoms with Crippen LogP contribution in [0.25, 0.3) is 21.0 Å². The molecule has 1 amide bonds. The molecule has 0 fully saturated rings. The van der Waals surface area contributed by atoms with Crippen LogP contribution >= 0.6 is 11.3 Å². The van der Waals surface area contributed by atoms with Crippen LogP contribution in [0.2, 0.25) is 0 Å². The second-order valence-corrected chi connectivity index (χ2v) is 5.99. The van der Waals surface area contributed by atoms with E-state index in [-0.39, 0.29) is 5.91 Å². The highest BCUT2D eigenvalue weighted by Gasteiger charge is 2.14. The lowest BCUT2D eigenvalue weighted by molar-refractivity contribution is 0.0917. The van der Waals surface area contributed by atoms with Crippen LogP contribution in [0.15, 0.2) is 40.8 Å². The van der Waals surface area contributed by atoms with Crippen molar-refractivity contribution in [3.8, 4) is 10.8 Å². The van der Waals surface area contributed by atoms with Gasteiger partial charge in [0.1, 0.15) is 0 Å². The number of benzene rings is 1. The summed E-state index contributed by atoms with van der Waals surface area (Å²) in [4.78, 5) is 16.6. The maximum Gasteiger partial charge on any atom is 0.287 e. The average Bonchev–Trinajstić information content (AvgIpc) is 3.21. The number of thiazole rings is 1. The summed E-state index contributed by atoms with van der Waals surface area (Å²) in [7, 11) is 0. The van der Waals surface area contributed by atoms with Crippen molar-refractivity contribution in [1.82, 2.24) is 10.3 Å². The number of furan rings is 1. The van der Waals surface area contributed by atoms with E-state index < -0.39 is 0 Å². The average molecular weight is 330 g/mol. The molecular formula is C17H18N2O3S. The molecule has 0 bridgehead atoms. The minimum atomic E-state index is -0.214. The minimum absolute atomic E-state index is 0.214. The molecule has 23 heavy (non-hydrogen) atoms. The highest BCUT2D eigenvalue weighted by molar-refractivity contribution is 7.21. The van der Waals surface area contributed by atoms with Crippen molar-refractivity contribution < 1.29 is 13.9 Å². The number of amides is 1. The Bertz CT molecular complexity index is 761. The van der Waals surface area contributed by atoms with E-state index in [1.807, 2.05) is 31.2 Å². The highest BCUT2D eigenvalue weighted by Crippen LogP contribution is 2.31. The van der Waals surface area contributed by atoms with Gasteiger partial charge in [-0.25, -0.2) is 4.98 Å². The first-order chi connectivity index (χ1) is 11.3. The summed E-state index contributed by atoms with van der Waals surface area (Å²) in [5.74, 6) is 0.704. The molecule has 0 saturated heterocycles. The zero-order valence-electron chi connectivity index (χ0n) is 12.9. The summed E-state index contributed by atoms with van der Waals surface area (Å²) in [6.45, 7) is 3.85. The predicted octanol–water partition coefficient (Wildman–Crippen LogP) is 3.71. The van der Waals surface area contributed by atoms with Gasteiger partial charge < -0.3 is 14.5 Å². The van der Waals surface area contributed by atoms with Crippen molar-refractivity contribution in [3.63, 3.8) is 0 Å². The lowest BCUT2D eigenvalue weighted by Gasteiger charge is -2.03. The van der Waals surface area contributed by atoms with Gasteiger partial charge in [0.25, 0.3) is 5.91 Å². The number of carbonyl (C=O) groups is 1. The first-order valence-electron chi connectivity index (χ1n) is 7.59. The summed E-state index contributed by atoms with van der Waals surface area (Å²) in [6, 6.07) is 11.4. The van der Waals surface area contributed by atoms with Crippen LogP contribution in [0.1, 0.15) is 23.9 Å². The zero-order valence-corrected chi connectivity index (χ0v) is 13.7. The lowest BCUT2D eigenvalue weighted by Crippen LogP contribution is -2.24. The number of rotatable bonds is 7. The molecule has 5 nitrogen and oxygen atoms in total. The molecule has 1 aromatic carbocycles. The van der Waals surface area contributed by atoms with E-state index in [1.165, 1.54) is 0 Å². The van der Waals surface area contributed by atoms with E-state index in [9.17, 15) is 4.79 Å². The Morgan fingerprint density at radius 3 is 3.00 bits per heavy atom. The van der Waals surface area contributed by atoms with E-state index >= 15 is 0 Å². The Kier molecular flexibility index (Phi) is 5.05. The van der Waals surface area contributed by atoms with Gasteiger partial charge in [0, 0.05) is 19.8 Å². The maximum absolute atomic E-state index is 12.0. The number of hydrogen-bond donors (Lipinski definition) is 1. The number of nitrogens with zero attached hydrogens (tertiary/aromatic N) is 1. The molecule has 120 valence electrons. The summed E-state index contributed by atoms with van der Waals surface area (Å²) < 4.78 is 12.0. The molecule has 0 saturated carbocycles. The molecule has 0 atom stereocenters. The van der Waals surface area contributed by atoms with Gasteiger partial charge in [-0.2, -0.15) is 0 Å². The van der Waals surface area contributed by atoms with Crippen LogP contribution in [0.5, 0.6) is 0 Å². The largest absolute Gasteiger partial charge is 0.448 e. The van der Waals surface area contributed by atoms with Gasteiger partial charge >= 0.3 is 0 Å². The van der Waals surface area contributed by atoms with E-state index in [4.69, 9.17) is 9.15 Å². The maximum atomic E-state index is 12.0. The van der Waals surface area contributed by atoms with Crippen molar-refractivity contribution in [2.24, 2.45) is 0 Å². The third kappa shape index (κ3) is 3.78. The van der Waals surface area contributed by atoms with Gasteiger partial charge in [-0.1, -0.05) is 12.1 Å². The quantitative estimate of drug-likeness (QED) is 0.671. The SMILES string of the molecule is CCOCCCNC(=O)c1ccc(-c2nc3ccccc3s2)o1. The van der Waals surface area contributed by atoms with Crippen LogP contribution < -0.4 is 5.32 Å². The fourth-order valence-electron chi connectivity index (χ4n) is 2.16. The van der Waals surface area contributed by atoms with Gasteiger partial charge in [0.2, 0.25) is 0 Å². The van der Waals surface area contributed by atoms with Gasteiger partial charge in [-0.05, 0) is 37.6 Å². The van der Waals surface area contributed by atoms with Crippen molar-refractivity contribution in [2.75, 3.05) is 19.8 Å². The van der Waals surface area contributed by atoms with Crippen molar-refractivity contribution in [3.05, 3.63) is 42.2 Å². The third-order valence-corrected chi connectivity index (χ3v) is 4.34. The molecule has 1 N–H and O–H groups in total. The summed E-state index contributed by atoms with van der Waals surface area (Å²) in [5, 5.41) is 3.60. The van der Waals surface area contributed by atoms with Crippen LogP contribution in [-0.2, 0) is 4.74 Å². The number of para-hydroxylation sites is 1. The normalized spacial score (nSPS) is 11.0. The summed E-state index contributed by atoms with van der Waals surface area (Å²) in [5.41, 5.74) is 0.936. The first-order valence-corrected chi connectivity index (χ1v) is 8.41. The molecule has 0 aliphatic heterocycles. The molecular weight excluding hydrogens is 312 g/mol. The predicted molar refractivity (Wildman–Crippen MR) is 90.8 cm³/mol. The Balaban J connectivity index is 1.64. The topological polar surface area (TPSA) is 64.4 Å². The Hall–Kier alpha value is -2.18. The first kappa shape index (κ1) is 15.7. The number of carbonyl (C=O) groups excluding carboxylic acids is 1. The van der Waals surface area contributed by atoms with Gasteiger partial charge in [0.05, 0.1) is 10.2 Å². The summed E-state index contributed by atoms with van der Waals surface area (Å²) >= 11 is 1.55. The third-order valence-electron chi connectivity index (χ3n) is 3.29. The zero-order chi connectivity index (χ0) is 16.1. The molecule has 6 heteroatoms. The van der Waals surface area contributed by atoms with E-state index in [0.717, 1.165) is 21.6 Å². The van der Waals surface area contributed by atoms with E-state index in [0.29, 0.717) is 31.3 Å². The minimum Gasteiger partial charge on any atom is -0.448 e. The van der Waals surface area contributed by atoms with E-state index in [1.54, 1.807) is 23.5 Å². The number of ether oxygens (including phenoxy) is 1. The second kappa shape index (κ2) is 7.39. The van der Waals surface area contributed by atoms with Gasteiger partial charge in [-0.3, -0.25) is 4.79 Å². The Morgan fingerprint density at radius 1 is 1.30 bits per heavy atom. The van der Waals surface area contributed by atoms with Crippen LogP contribution in [0.4, 0.5) is 0 Å². The molecule has 0 radical (unpaired) electrons. The highest BCUT2D eigenvalue weighted by atomic mass is 32.1. The van der Waals surface area contributed by atoms with Crippen molar-refractivity contribution >= 4 is 27.5 Å². The molecule has 0 aliphatic carbocycles. The van der Waals surface area contributed by atoms with E-state index in [2.05, 4.69) is 10.3 Å². The number of fused-ring (bicyclic) bond motifs is 1. The van der Waals surface area contributed by atoms with Crippen LogP contribution in [-0.4, -0.2) is 30.6 Å². The van der Waals surface area contributed by atoms with Crippen molar-refractivity contribution in [2.45, 2.75) is 13.3 Å². The molecule has 3 aromatic rings. The van der Waals surface area contributed by atoms with Crippen LogP contribution in [0.3, 0.4) is 0 Å².